The average molecular weight is 356 g/mol. The number of hydrogen-bond donors (Lipinski definition) is 0. The van der Waals surface area contributed by atoms with E-state index in [0.717, 1.165) is 11.4 Å². The molecule has 25 heavy (non-hydrogen) atoms. The lowest BCUT2D eigenvalue weighted by molar-refractivity contribution is 0.0460. The second kappa shape index (κ2) is 7.40. The third-order valence-electron chi connectivity index (χ3n) is 3.99. The molecule has 6 heteroatoms. The van der Waals surface area contributed by atoms with Crippen LogP contribution in [0.4, 0.5) is 11.4 Å². The second-order valence-corrected chi connectivity index (χ2v) is 5.93. The normalized spacial score (nSPS) is 10.5. The molecule has 5 nitrogen and oxygen atoms in total. The number of imidazole rings is 1. The highest BCUT2D eigenvalue weighted by Crippen LogP contribution is 2.27. The van der Waals surface area contributed by atoms with Crippen LogP contribution in [0.5, 0.6) is 0 Å². The van der Waals surface area contributed by atoms with Crippen LogP contribution >= 0.6 is 11.6 Å². The Kier molecular flexibility index (Phi) is 5.05. The van der Waals surface area contributed by atoms with Crippen LogP contribution in [-0.4, -0.2) is 22.6 Å². The van der Waals surface area contributed by atoms with Crippen molar-refractivity contribution in [2.45, 2.75) is 6.61 Å². The van der Waals surface area contributed by atoms with E-state index >= 15 is 0 Å². The number of carbonyl (C=O) groups is 1. The number of benzene rings is 2. The van der Waals surface area contributed by atoms with E-state index in [1.54, 1.807) is 17.7 Å². The van der Waals surface area contributed by atoms with Crippen molar-refractivity contribution in [2.75, 3.05) is 11.9 Å². The van der Waals surface area contributed by atoms with Gasteiger partial charge in [-0.05, 0) is 24.3 Å². The van der Waals surface area contributed by atoms with Crippen molar-refractivity contribution in [2.24, 2.45) is 7.05 Å². The van der Waals surface area contributed by atoms with Crippen LogP contribution < -0.4 is 4.90 Å². The van der Waals surface area contributed by atoms with E-state index < -0.39 is 5.97 Å². The highest BCUT2D eigenvalue weighted by atomic mass is 35.5. The molecule has 0 atom stereocenters. The maximum Gasteiger partial charge on any atom is 0.340 e. The number of halogens is 1. The van der Waals surface area contributed by atoms with Crippen molar-refractivity contribution in [3.63, 3.8) is 0 Å². The molecule has 3 rings (SSSR count). The molecule has 0 aliphatic heterocycles. The first kappa shape index (κ1) is 17.0. The molecule has 0 fully saturated rings. The molecule has 0 aliphatic rings. The fraction of sp³-hybridized carbons (Fsp3) is 0.158. The smallest absolute Gasteiger partial charge is 0.340 e. The summed E-state index contributed by atoms with van der Waals surface area (Å²) in [5.74, 6) is 0.185. The lowest BCUT2D eigenvalue weighted by Crippen LogP contribution is -2.16. The number of ether oxygens (including phenoxy) is 1. The Labute approximate surface area is 151 Å². The van der Waals surface area contributed by atoms with E-state index in [1.165, 1.54) is 6.20 Å². The number of anilines is 2. The zero-order valence-electron chi connectivity index (χ0n) is 14.0. The summed E-state index contributed by atoms with van der Waals surface area (Å²) in [6, 6.07) is 17.2. The first-order valence-corrected chi connectivity index (χ1v) is 8.16. The van der Waals surface area contributed by atoms with Crippen LogP contribution in [0.3, 0.4) is 0 Å². The van der Waals surface area contributed by atoms with Crippen molar-refractivity contribution in [1.82, 2.24) is 9.55 Å². The number of esters is 1. The van der Waals surface area contributed by atoms with Gasteiger partial charge >= 0.3 is 5.97 Å². The molecule has 0 bridgehead atoms. The molecular weight excluding hydrogens is 338 g/mol. The zero-order chi connectivity index (χ0) is 17.8. The van der Waals surface area contributed by atoms with Gasteiger partial charge in [0.25, 0.3) is 0 Å². The Morgan fingerprint density at radius 3 is 2.52 bits per heavy atom. The van der Waals surface area contributed by atoms with Gasteiger partial charge in [-0.3, -0.25) is 0 Å². The zero-order valence-corrected chi connectivity index (χ0v) is 14.8. The first-order valence-electron chi connectivity index (χ1n) is 7.79. The van der Waals surface area contributed by atoms with Gasteiger partial charge in [0.15, 0.2) is 0 Å². The molecule has 1 aromatic heterocycles. The third kappa shape index (κ3) is 3.67. The molecule has 3 aromatic rings. The molecule has 1 heterocycles. The summed E-state index contributed by atoms with van der Waals surface area (Å²) < 4.78 is 7.10. The minimum atomic E-state index is -0.405. The van der Waals surface area contributed by atoms with Crippen molar-refractivity contribution >= 4 is 28.9 Å². The highest BCUT2D eigenvalue weighted by molar-refractivity contribution is 6.29. The van der Waals surface area contributed by atoms with Gasteiger partial charge in [-0.15, -0.1) is 0 Å². The standard InChI is InChI=1S/C19H18ClN3O2/c1-22(14-8-4-3-5-9-14)16-11-7-6-10-15(16)19(24)25-13-18-21-12-17(20)23(18)2/h3-12H,13H2,1-2H3. The van der Waals surface area contributed by atoms with Gasteiger partial charge in [0.05, 0.1) is 17.4 Å². The van der Waals surface area contributed by atoms with E-state index in [4.69, 9.17) is 16.3 Å². The summed E-state index contributed by atoms with van der Waals surface area (Å²) in [7, 11) is 3.69. The first-order chi connectivity index (χ1) is 12.1. The van der Waals surface area contributed by atoms with Crippen LogP contribution in [0, 0.1) is 0 Å². The number of rotatable bonds is 5. The summed E-state index contributed by atoms with van der Waals surface area (Å²) in [5.41, 5.74) is 2.25. The second-order valence-electron chi connectivity index (χ2n) is 5.54. The lowest BCUT2D eigenvalue weighted by atomic mass is 10.1. The molecule has 0 spiro atoms. The Morgan fingerprint density at radius 1 is 1.16 bits per heavy atom. The maximum atomic E-state index is 12.6. The number of nitrogens with zero attached hydrogens (tertiary/aromatic N) is 3. The highest BCUT2D eigenvalue weighted by Gasteiger charge is 2.17. The topological polar surface area (TPSA) is 47.4 Å². The van der Waals surface area contributed by atoms with E-state index in [9.17, 15) is 4.79 Å². The fourth-order valence-electron chi connectivity index (χ4n) is 2.50. The minimum Gasteiger partial charge on any atom is -0.454 e. The number of aromatic nitrogens is 2. The predicted octanol–water partition coefficient (Wildman–Crippen LogP) is 4.20. The fourth-order valence-corrected chi connectivity index (χ4v) is 2.64. The molecule has 0 aliphatic carbocycles. The van der Waals surface area contributed by atoms with Crippen LogP contribution in [0.1, 0.15) is 16.2 Å². The molecule has 0 unspecified atom stereocenters. The van der Waals surface area contributed by atoms with E-state index in [0.29, 0.717) is 16.5 Å². The van der Waals surface area contributed by atoms with Crippen LogP contribution in [0.25, 0.3) is 0 Å². The number of carbonyl (C=O) groups excluding carboxylic acids is 1. The molecule has 2 aromatic carbocycles. The lowest BCUT2D eigenvalue weighted by Gasteiger charge is -2.22. The Balaban J connectivity index is 1.80. The Hall–Kier alpha value is -2.79. The summed E-state index contributed by atoms with van der Waals surface area (Å²) in [6.07, 6.45) is 1.53. The van der Waals surface area contributed by atoms with E-state index in [-0.39, 0.29) is 6.61 Å². The van der Waals surface area contributed by atoms with E-state index in [2.05, 4.69) is 4.98 Å². The van der Waals surface area contributed by atoms with Gasteiger partial charge in [-0.1, -0.05) is 41.9 Å². The SMILES string of the molecule is CN(c1ccccc1)c1ccccc1C(=O)OCc1ncc(Cl)n1C. The molecule has 0 N–H and O–H groups in total. The molecule has 128 valence electrons. The molecule has 0 saturated carbocycles. The maximum absolute atomic E-state index is 12.6. The van der Waals surface area contributed by atoms with Crippen molar-refractivity contribution in [3.8, 4) is 0 Å². The summed E-state index contributed by atoms with van der Waals surface area (Å²) in [5, 5.41) is 0.496. The van der Waals surface area contributed by atoms with Gasteiger partial charge in [0.2, 0.25) is 0 Å². The molecule has 0 saturated heterocycles. The van der Waals surface area contributed by atoms with Gasteiger partial charge in [-0.2, -0.15) is 0 Å². The number of hydrogen-bond acceptors (Lipinski definition) is 4. The predicted molar refractivity (Wildman–Crippen MR) is 98.3 cm³/mol. The monoisotopic (exact) mass is 355 g/mol. The van der Waals surface area contributed by atoms with Crippen LogP contribution in [0.15, 0.2) is 60.8 Å². The van der Waals surface area contributed by atoms with Crippen molar-refractivity contribution in [3.05, 3.63) is 77.3 Å². The summed E-state index contributed by atoms with van der Waals surface area (Å²) in [6.45, 7) is 0.0610. The number of para-hydroxylation sites is 2. The molecule has 0 amide bonds. The largest absolute Gasteiger partial charge is 0.454 e. The third-order valence-corrected chi connectivity index (χ3v) is 4.34. The minimum absolute atomic E-state index is 0.0610. The Bertz CT molecular complexity index is 877. The quantitative estimate of drug-likeness (QED) is 0.643. The molecule has 0 radical (unpaired) electrons. The van der Waals surface area contributed by atoms with Gasteiger partial charge in [0.1, 0.15) is 17.6 Å². The van der Waals surface area contributed by atoms with E-state index in [1.807, 2.05) is 60.5 Å². The van der Waals surface area contributed by atoms with Crippen molar-refractivity contribution in [1.29, 1.82) is 0 Å². The summed E-state index contributed by atoms with van der Waals surface area (Å²) in [4.78, 5) is 18.7. The van der Waals surface area contributed by atoms with Crippen LogP contribution in [0.2, 0.25) is 5.15 Å². The van der Waals surface area contributed by atoms with Crippen molar-refractivity contribution < 1.29 is 9.53 Å². The molecular formula is C19H18ClN3O2. The summed E-state index contributed by atoms with van der Waals surface area (Å²) >= 11 is 5.95. The van der Waals surface area contributed by atoms with Crippen LogP contribution in [-0.2, 0) is 18.4 Å². The van der Waals surface area contributed by atoms with Gasteiger partial charge < -0.3 is 14.2 Å². The average Bonchev–Trinajstić information content (AvgIpc) is 2.98. The van der Waals surface area contributed by atoms with Gasteiger partial charge in [-0.25, -0.2) is 9.78 Å². The Morgan fingerprint density at radius 2 is 1.84 bits per heavy atom. The van der Waals surface area contributed by atoms with Gasteiger partial charge in [0, 0.05) is 19.8 Å².